The van der Waals surface area contributed by atoms with E-state index in [1.165, 1.54) is 0 Å². The Hall–Kier alpha value is -0.650. The van der Waals surface area contributed by atoms with Gasteiger partial charge in [0.05, 0.1) is 13.2 Å². The highest BCUT2D eigenvalue weighted by atomic mass is 16.5. The van der Waals surface area contributed by atoms with Crippen LogP contribution >= 0.6 is 0 Å². The summed E-state index contributed by atoms with van der Waals surface area (Å²) in [6.07, 6.45) is 2.15. The quantitative estimate of drug-likeness (QED) is 0.658. The minimum absolute atomic E-state index is 0.0857. The molecule has 5 heteroatoms. The number of carbonyl (C=O) groups excluding carboxylic acids is 1. The van der Waals surface area contributed by atoms with E-state index in [9.17, 15) is 4.79 Å². The van der Waals surface area contributed by atoms with Gasteiger partial charge in [-0.1, -0.05) is 0 Å². The monoisotopic (exact) mass is 244 g/mol. The molecule has 1 amide bonds. The third-order valence-electron chi connectivity index (χ3n) is 2.99. The third-order valence-corrected chi connectivity index (χ3v) is 2.99. The molecule has 0 unspecified atom stereocenters. The summed E-state index contributed by atoms with van der Waals surface area (Å²) in [6, 6.07) is 0. The lowest BCUT2D eigenvalue weighted by Gasteiger charge is -2.16. The molecule has 0 spiro atoms. The van der Waals surface area contributed by atoms with E-state index in [0.717, 1.165) is 39.1 Å². The van der Waals surface area contributed by atoms with E-state index in [1.54, 1.807) is 7.11 Å². The van der Waals surface area contributed by atoms with Crippen LogP contribution in [0.4, 0.5) is 0 Å². The average molecular weight is 244 g/mol. The third kappa shape index (κ3) is 6.61. The molecule has 1 rings (SSSR count). The summed E-state index contributed by atoms with van der Waals surface area (Å²) >= 11 is 0. The highest BCUT2D eigenvalue weighted by Crippen LogP contribution is 2.14. The lowest BCUT2D eigenvalue weighted by molar-refractivity contribution is -0.122. The lowest BCUT2D eigenvalue weighted by Crippen LogP contribution is -2.37. The highest BCUT2D eigenvalue weighted by molar-refractivity contribution is 5.77. The van der Waals surface area contributed by atoms with Gasteiger partial charge in [0.2, 0.25) is 5.91 Å². The molecule has 0 aromatic rings. The standard InChI is InChI=1S/C12H24N2O3/c1-14(6-8-16-2)9-12(15)13-5-3-11-4-7-17-10-11/h11H,3-10H2,1-2H3,(H,13,15)/t11-/m0/s1. The van der Waals surface area contributed by atoms with Crippen molar-refractivity contribution in [3.8, 4) is 0 Å². The van der Waals surface area contributed by atoms with E-state index in [-0.39, 0.29) is 5.91 Å². The van der Waals surface area contributed by atoms with Crippen LogP contribution in [0.15, 0.2) is 0 Å². The first kappa shape index (κ1) is 14.4. The molecule has 1 N–H and O–H groups in total. The molecule has 5 nitrogen and oxygen atoms in total. The smallest absolute Gasteiger partial charge is 0.234 e. The van der Waals surface area contributed by atoms with Gasteiger partial charge < -0.3 is 14.8 Å². The Balaban J connectivity index is 2.00. The van der Waals surface area contributed by atoms with Gasteiger partial charge in [0.15, 0.2) is 0 Å². The maximum absolute atomic E-state index is 11.6. The molecule has 0 saturated carbocycles. The number of amides is 1. The molecular formula is C12H24N2O3. The predicted molar refractivity (Wildman–Crippen MR) is 65.9 cm³/mol. The molecule has 1 heterocycles. The van der Waals surface area contributed by atoms with Crippen molar-refractivity contribution in [2.75, 3.05) is 53.6 Å². The summed E-state index contributed by atoms with van der Waals surface area (Å²) < 4.78 is 10.2. The number of ether oxygens (including phenoxy) is 2. The molecule has 1 saturated heterocycles. The molecule has 100 valence electrons. The van der Waals surface area contributed by atoms with Crippen LogP contribution in [-0.2, 0) is 14.3 Å². The molecule has 0 radical (unpaired) electrons. The second-order valence-electron chi connectivity index (χ2n) is 4.60. The number of hydrogen-bond acceptors (Lipinski definition) is 4. The minimum atomic E-state index is 0.0857. The summed E-state index contributed by atoms with van der Waals surface area (Å²) in [4.78, 5) is 13.5. The average Bonchev–Trinajstić information content (AvgIpc) is 2.79. The predicted octanol–water partition coefficient (Wildman–Crippen LogP) is 0.107. The number of rotatable bonds is 8. The van der Waals surface area contributed by atoms with Gasteiger partial charge >= 0.3 is 0 Å². The molecule has 1 fully saturated rings. The van der Waals surface area contributed by atoms with Crippen LogP contribution in [0.2, 0.25) is 0 Å². The Kier molecular flexibility index (Phi) is 7.16. The fourth-order valence-corrected chi connectivity index (χ4v) is 1.85. The van der Waals surface area contributed by atoms with E-state index in [0.29, 0.717) is 19.1 Å². The first-order chi connectivity index (χ1) is 8.22. The van der Waals surface area contributed by atoms with Crippen LogP contribution in [0.25, 0.3) is 0 Å². The maximum atomic E-state index is 11.6. The van der Waals surface area contributed by atoms with Crippen LogP contribution in [0.3, 0.4) is 0 Å². The number of likely N-dealkylation sites (N-methyl/N-ethyl adjacent to an activating group) is 1. The molecule has 1 aliphatic rings. The first-order valence-electron chi connectivity index (χ1n) is 6.24. The van der Waals surface area contributed by atoms with Gasteiger partial charge in [-0.15, -0.1) is 0 Å². The van der Waals surface area contributed by atoms with Crippen molar-refractivity contribution >= 4 is 5.91 Å². The Morgan fingerprint density at radius 2 is 2.41 bits per heavy atom. The number of nitrogens with one attached hydrogen (secondary N) is 1. The molecule has 1 atom stereocenters. The number of carbonyl (C=O) groups is 1. The van der Waals surface area contributed by atoms with E-state index in [4.69, 9.17) is 9.47 Å². The molecular weight excluding hydrogens is 220 g/mol. The van der Waals surface area contributed by atoms with Crippen molar-refractivity contribution in [2.24, 2.45) is 5.92 Å². The van der Waals surface area contributed by atoms with Crippen molar-refractivity contribution < 1.29 is 14.3 Å². The minimum Gasteiger partial charge on any atom is -0.383 e. The van der Waals surface area contributed by atoms with E-state index < -0.39 is 0 Å². The van der Waals surface area contributed by atoms with Gasteiger partial charge in [0.25, 0.3) is 0 Å². The summed E-state index contributed by atoms with van der Waals surface area (Å²) in [7, 11) is 3.58. The Bertz CT molecular complexity index is 218. The second-order valence-corrected chi connectivity index (χ2v) is 4.60. The van der Waals surface area contributed by atoms with E-state index in [2.05, 4.69) is 5.32 Å². The fraction of sp³-hybridized carbons (Fsp3) is 0.917. The van der Waals surface area contributed by atoms with Crippen molar-refractivity contribution in [1.82, 2.24) is 10.2 Å². The van der Waals surface area contributed by atoms with Crippen molar-refractivity contribution in [3.63, 3.8) is 0 Å². The van der Waals surface area contributed by atoms with Gasteiger partial charge in [0.1, 0.15) is 0 Å². The van der Waals surface area contributed by atoms with E-state index in [1.807, 2.05) is 11.9 Å². The van der Waals surface area contributed by atoms with Crippen LogP contribution in [-0.4, -0.2) is 64.4 Å². The topological polar surface area (TPSA) is 50.8 Å². The van der Waals surface area contributed by atoms with Gasteiger partial charge in [-0.25, -0.2) is 0 Å². The van der Waals surface area contributed by atoms with Gasteiger partial charge in [-0.3, -0.25) is 9.69 Å². The fourth-order valence-electron chi connectivity index (χ4n) is 1.85. The number of hydrogen-bond donors (Lipinski definition) is 1. The van der Waals surface area contributed by atoms with Crippen molar-refractivity contribution in [3.05, 3.63) is 0 Å². The molecule has 0 aliphatic carbocycles. The largest absolute Gasteiger partial charge is 0.383 e. The highest BCUT2D eigenvalue weighted by Gasteiger charge is 2.15. The Morgan fingerprint density at radius 1 is 1.59 bits per heavy atom. The first-order valence-corrected chi connectivity index (χ1v) is 6.24. The van der Waals surface area contributed by atoms with Crippen molar-refractivity contribution in [1.29, 1.82) is 0 Å². The normalized spacial score (nSPS) is 19.8. The number of methoxy groups -OCH3 is 1. The van der Waals surface area contributed by atoms with Gasteiger partial charge in [0, 0.05) is 33.4 Å². The maximum Gasteiger partial charge on any atom is 0.234 e. The SMILES string of the molecule is COCCN(C)CC(=O)NCC[C@H]1CCOC1. The van der Waals surface area contributed by atoms with Crippen LogP contribution < -0.4 is 5.32 Å². The van der Waals surface area contributed by atoms with Crippen LogP contribution in [0.1, 0.15) is 12.8 Å². The van der Waals surface area contributed by atoms with Gasteiger partial charge in [-0.2, -0.15) is 0 Å². The van der Waals surface area contributed by atoms with Crippen LogP contribution in [0, 0.1) is 5.92 Å². The zero-order chi connectivity index (χ0) is 12.5. The molecule has 0 aromatic heterocycles. The zero-order valence-corrected chi connectivity index (χ0v) is 10.9. The summed E-state index contributed by atoms with van der Waals surface area (Å²) in [5, 5.41) is 2.94. The van der Waals surface area contributed by atoms with Crippen molar-refractivity contribution in [2.45, 2.75) is 12.8 Å². The van der Waals surface area contributed by atoms with E-state index >= 15 is 0 Å². The molecule has 0 bridgehead atoms. The molecule has 1 aliphatic heterocycles. The molecule has 17 heavy (non-hydrogen) atoms. The lowest BCUT2D eigenvalue weighted by atomic mass is 10.1. The zero-order valence-electron chi connectivity index (χ0n) is 10.9. The Morgan fingerprint density at radius 3 is 3.06 bits per heavy atom. The Labute approximate surface area is 103 Å². The van der Waals surface area contributed by atoms with Gasteiger partial charge in [-0.05, 0) is 25.8 Å². The second kappa shape index (κ2) is 8.44. The molecule has 0 aromatic carbocycles. The summed E-state index contributed by atoms with van der Waals surface area (Å²) in [5.74, 6) is 0.712. The number of nitrogens with zero attached hydrogens (tertiary/aromatic N) is 1. The summed E-state index contributed by atoms with van der Waals surface area (Å²) in [5.41, 5.74) is 0. The van der Waals surface area contributed by atoms with Crippen LogP contribution in [0.5, 0.6) is 0 Å². The summed E-state index contributed by atoms with van der Waals surface area (Å²) in [6.45, 7) is 4.35.